The molecule has 3 rings (SSSR count). The van der Waals surface area contributed by atoms with Crippen LogP contribution < -0.4 is 4.74 Å². The second-order valence-corrected chi connectivity index (χ2v) is 6.38. The molecule has 2 aliphatic heterocycles. The van der Waals surface area contributed by atoms with Crippen LogP contribution in [0.4, 0.5) is 0 Å². The van der Waals surface area contributed by atoms with Gasteiger partial charge in [-0.25, -0.2) is 0 Å². The molecule has 22 heavy (non-hydrogen) atoms. The molecule has 0 aliphatic carbocycles. The topological polar surface area (TPSA) is 59.0 Å². The highest BCUT2D eigenvalue weighted by Gasteiger charge is 2.50. The molecule has 5 nitrogen and oxygen atoms in total. The first-order valence-electron chi connectivity index (χ1n) is 7.79. The Morgan fingerprint density at radius 1 is 1.36 bits per heavy atom. The van der Waals surface area contributed by atoms with Crippen LogP contribution in [-0.2, 0) is 16.1 Å². The highest BCUT2D eigenvalue weighted by molar-refractivity contribution is 5.72. The molecule has 2 heterocycles. The standard InChI is InChI=1S/C17H23NO4/c1-21-14-4-2-13(3-5-14)10-18-11-15(16(19)20)17(12-18)6-8-22-9-7-17/h2-5,15H,6-12H2,1H3,(H,19,20). The number of hydrogen-bond acceptors (Lipinski definition) is 4. The van der Waals surface area contributed by atoms with Crippen LogP contribution in [0.2, 0.25) is 0 Å². The molecule has 1 N–H and O–H groups in total. The second-order valence-electron chi connectivity index (χ2n) is 6.38. The molecule has 2 aliphatic rings. The molecular weight excluding hydrogens is 282 g/mol. The maximum Gasteiger partial charge on any atom is 0.308 e. The molecule has 0 amide bonds. The van der Waals surface area contributed by atoms with Gasteiger partial charge in [-0.2, -0.15) is 0 Å². The molecule has 1 aromatic carbocycles. The van der Waals surface area contributed by atoms with Crippen molar-refractivity contribution < 1.29 is 19.4 Å². The summed E-state index contributed by atoms with van der Waals surface area (Å²) in [7, 11) is 1.65. The van der Waals surface area contributed by atoms with Crippen molar-refractivity contribution in [2.24, 2.45) is 11.3 Å². The summed E-state index contributed by atoms with van der Waals surface area (Å²) in [6, 6.07) is 7.99. The molecule has 2 fully saturated rings. The summed E-state index contributed by atoms with van der Waals surface area (Å²) in [5, 5.41) is 9.60. The summed E-state index contributed by atoms with van der Waals surface area (Å²) in [6.07, 6.45) is 1.70. The number of nitrogens with zero attached hydrogens (tertiary/aromatic N) is 1. The van der Waals surface area contributed by atoms with E-state index in [9.17, 15) is 9.90 Å². The third kappa shape index (κ3) is 2.96. The van der Waals surface area contributed by atoms with Gasteiger partial charge in [0, 0.05) is 38.3 Å². The predicted octanol–water partition coefficient (Wildman–Crippen LogP) is 2.01. The van der Waals surface area contributed by atoms with Gasteiger partial charge in [0.05, 0.1) is 13.0 Å². The van der Waals surface area contributed by atoms with Gasteiger partial charge < -0.3 is 14.6 Å². The van der Waals surface area contributed by atoms with Crippen molar-refractivity contribution in [3.63, 3.8) is 0 Å². The molecule has 1 aromatic rings. The van der Waals surface area contributed by atoms with Crippen molar-refractivity contribution in [3.8, 4) is 5.75 Å². The molecule has 1 spiro atoms. The number of carboxylic acid groups (broad SMARTS) is 1. The van der Waals surface area contributed by atoms with Crippen molar-refractivity contribution in [2.75, 3.05) is 33.4 Å². The maximum absolute atomic E-state index is 11.7. The zero-order valence-corrected chi connectivity index (χ0v) is 13.0. The number of carbonyl (C=O) groups is 1. The largest absolute Gasteiger partial charge is 0.497 e. The first-order chi connectivity index (χ1) is 10.6. The molecule has 2 saturated heterocycles. The number of benzene rings is 1. The van der Waals surface area contributed by atoms with Crippen LogP contribution in [0, 0.1) is 11.3 Å². The van der Waals surface area contributed by atoms with Crippen molar-refractivity contribution >= 4 is 5.97 Å². The van der Waals surface area contributed by atoms with Gasteiger partial charge in [0.15, 0.2) is 0 Å². The molecule has 120 valence electrons. The Morgan fingerprint density at radius 2 is 2.05 bits per heavy atom. The number of likely N-dealkylation sites (tertiary alicyclic amines) is 1. The second kappa shape index (κ2) is 6.26. The fraction of sp³-hybridized carbons (Fsp3) is 0.588. The summed E-state index contributed by atoms with van der Waals surface area (Å²) >= 11 is 0. The van der Waals surface area contributed by atoms with Crippen LogP contribution in [0.3, 0.4) is 0 Å². The van der Waals surface area contributed by atoms with E-state index < -0.39 is 5.97 Å². The van der Waals surface area contributed by atoms with Crippen molar-refractivity contribution in [3.05, 3.63) is 29.8 Å². The summed E-state index contributed by atoms with van der Waals surface area (Å²) < 4.78 is 10.6. The van der Waals surface area contributed by atoms with Gasteiger partial charge in [-0.1, -0.05) is 12.1 Å². The van der Waals surface area contributed by atoms with Crippen LogP contribution >= 0.6 is 0 Å². The van der Waals surface area contributed by atoms with Gasteiger partial charge in [0.25, 0.3) is 0 Å². The van der Waals surface area contributed by atoms with E-state index in [0.717, 1.165) is 31.7 Å². The summed E-state index contributed by atoms with van der Waals surface area (Å²) in [5.41, 5.74) is 1.07. The van der Waals surface area contributed by atoms with Gasteiger partial charge >= 0.3 is 5.97 Å². The summed E-state index contributed by atoms with van der Waals surface area (Å²) in [5.74, 6) is -0.108. The van der Waals surface area contributed by atoms with Crippen LogP contribution in [0.25, 0.3) is 0 Å². The SMILES string of the molecule is COc1ccc(CN2CC(C(=O)O)C3(CCOCC3)C2)cc1. The number of carboxylic acids is 1. The van der Waals surface area contributed by atoms with Gasteiger partial charge in [0.1, 0.15) is 5.75 Å². The lowest BCUT2D eigenvalue weighted by Crippen LogP contribution is -2.40. The zero-order chi connectivity index (χ0) is 15.6. The first-order valence-corrected chi connectivity index (χ1v) is 7.79. The Kier molecular flexibility index (Phi) is 4.36. The fourth-order valence-corrected chi connectivity index (χ4v) is 3.81. The van der Waals surface area contributed by atoms with Gasteiger partial charge in [0.2, 0.25) is 0 Å². The van der Waals surface area contributed by atoms with E-state index in [4.69, 9.17) is 9.47 Å². The normalized spacial score (nSPS) is 24.5. The molecule has 1 atom stereocenters. The molecular formula is C17H23NO4. The Labute approximate surface area is 130 Å². The minimum atomic E-state index is -0.667. The average Bonchev–Trinajstić information content (AvgIpc) is 2.86. The molecule has 1 unspecified atom stereocenters. The fourth-order valence-electron chi connectivity index (χ4n) is 3.81. The van der Waals surface area contributed by atoms with Crippen molar-refractivity contribution in [1.82, 2.24) is 4.90 Å². The highest BCUT2D eigenvalue weighted by Crippen LogP contribution is 2.44. The van der Waals surface area contributed by atoms with E-state index in [1.165, 1.54) is 5.56 Å². The summed E-state index contributed by atoms with van der Waals surface area (Å²) in [6.45, 7) is 3.62. The first kappa shape index (κ1) is 15.3. The number of ether oxygens (including phenoxy) is 2. The van der Waals surface area contributed by atoms with Crippen molar-refractivity contribution in [2.45, 2.75) is 19.4 Å². The molecule has 0 saturated carbocycles. The minimum Gasteiger partial charge on any atom is -0.497 e. The third-order valence-electron chi connectivity index (χ3n) is 5.07. The lowest BCUT2D eigenvalue weighted by Gasteiger charge is -2.36. The van der Waals surface area contributed by atoms with E-state index in [-0.39, 0.29) is 11.3 Å². The number of hydrogen-bond donors (Lipinski definition) is 1. The molecule has 0 radical (unpaired) electrons. The maximum atomic E-state index is 11.7. The lowest BCUT2D eigenvalue weighted by molar-refractivity contribution is -0.146. The van der Waals surface area contributed by atoms with Crippen LogP contribution in [0.5, 0.6) is 5.75 Å². The number of methoxy groups -OCH3 is 1. The molecule has 0 aromatic heterocycles. The quantitative estimate of drug-likeness (QED) is 0.922. The van der Waals surface area contributed by atoms with E-state index in [2.05, 4.69) is 4.90 Å². The van der Waals surface area contributed by atoms with Crippen LogP contribution in [-0.4, -0.2) is 49.4 Å². The van der Waals surface area contributed by atoms with Crippen molar-refractivity contribution in [1.29, 1.82) is 0 Å². The average molecular weight is 305 g/mol. The Balaban J connectivity index is 1.71. The Hall–Kier alpha value is -1.59. The van der Waals surface area contributed by atoms with E-state index >= 15 is 0 Å². The van der Waals surface area contributed by atoms with E-state index in [1.807, 2.05) is 24.3 Å². The zero-order valence-electron chi connectivity index (χ0n) is 13.0. The number of aliphatic carboxylic acids is 1. The highest BCUT2D eigenvalue weighted by atomic mass is 16.5. The van der Waals surface area contributed by atoms with Crippen LogP contribution in [0.15, 0.2) is 24.3 Å². The van der Waals surface area contributed by atoms with Gasteiger partial charge in [-0.3, -0.25) is 9.69 Å². The number of rotatable bonds is 4. The smallest absolute Gasteiger partial charge is 0.308 e. The predicted molar refractivity (Wildman–Crippen MR) is 81.9 cm³/mol. The summed E-state index contributed by atoms with van der Waals surface area (Å²) in [4.78, 5) is 13.9. The lowest BCUT2D eigenvalue weighted by atomic mass is 9.72. The third-order valence-corrected chi connectivity index (χ3v) is 5.07. The van der Waals surface area contributed by atoms with E-state index in [1.54, 1.807) is 7.11 Å². The Bertz CT molecular complexity index is 522. The van der Waals surface area contributed by atoms with Gasteiger partial charge in [-0.15, -0.1) is 0 Å². The Morgan fingerprint density at radius 3 is 2.64 bits per heavy atom. The molecule has 0 bridgehead atoms. The monoisotopic (exact) mass is 305 g/mol. The minimum absolute atomic E-state index is 0.115. The van der Waals surface area contributed by atoms with E-state index in [0.29, 0.717) is 19.8 Å². The molecule has 5 heteroatoms. The van der Waals surface area contributed by atoms with Crippen LogP contribution in [0.1, 0.15) is 18.4 Å². The van der Waals surface area contributed by atoms with Gasteiger partial charge in [-0.05, 0) is 30.5 Å².